The minimum absolute atomic E-state index is 0.210. The lowest BCUT2D eigenvalue weighted by Crippen LogP contribution is -2.66. The lowest BCUT2D eigenvalue weighted by Gasteiger charge is -2.48. The van der Waals surface area contributed by atoms with Crippen LogP contribution in [-0.4, -0.2) is 193 Å². The lowest BCUT2D eigenvalue weighted by molar-refractivity contribution is -0.379. The first-order valence-corrected chi connectivity index (χ1v) is 26.8. The number of rotatable bonds is 36. The van der Waals surface area contributed by atoms with Gasteiger partial charge in [-0.25, -0.2) is 0 Å². The highest BCUT2D eigenvalue weighted by molar-refractivity contribution is 5.76. The van der Waals surface area contributed by atoms with Gasteiger partial charge in [0, 0.05) is 6.42 Å². The first-order chi connectivity index (χ1) is 35.8. The van der Waals surface area contributed by atoms with Gasteiger partial charge >= 0.3 is 0 Å². The standard InChI is InChI=1S/C55H91NO18/c1-3-5-7-9-11-13-15-16-17-18-19-20-21-22-23-25-27-29-31-33-43(61)56-38(39(60)32-30-28-26-24-14-12-10-8-6-4-2)37-69-53-49(67)46(64)51(41(35-58)71-53)74-55-50(68)47(65)52(42(36-59)72-55)73-54-48(66)45(63)44(62)40(34-57)70-54/h5-8,11,13-14,16-17,19-20,24,30,32,38-42,44-55,57-60,62-68H,3-4,9-10,12,15,18,21-23,25-29,31,33-37H2,1-2H3,(H,56,61)/b7-5-,8-6+,13-11-,17-16-,20-19-,24-14+,32-30+. The lowest BCUT2D eigenvalue weighted by atomic mass is 9.96. The minimum Gasteiger partial charge on any atom is -0.394 e. The number of aliphatic hydroxyl groups excluding tert-OH is 11. The Bertz CT molecular complexity index is 1690. The van der Waals surface area contributed by atoms with Crippen molar-refractivity contribution in [2.75, 3.05) is 26.4 Å². The molecule has 0 spiro atoms. The zero-order valence-electron chi connectivity index (χ0n) is 43.5. The van der Waals surface area contributed by atoms with E-state index in [2.05, 4.69) is 92.1 Å². The normalized spacial score (nSPS) is 32.1. The van der Waals surface area contributed by atoms with Crippen molar-refractivity contribution in [3.8, 4) is 0 Å². The highest BCUT2D eigenvalue weighted by Gasteiger charge is 2.53. The molecule has 3 rings (SSSR count). The molecule has 3 aliphatic heterocycles. The fraction of sp³-hybridized carbons (Fsp3) is 0.727. The second kappa shape index (κ2) is 38.5. The maximum atomic E-state index is 13.2. The van der Waals surface area contributed by atoms with Crippen LogP contribution in [0.15, 0.2) is 85.1 Å². The summed E-state index contributed by atoms with van der Waals surface area (Å²) in [5, 5.41) is 120. The molecule has 0 radical (unpaired) electrons. The SMILES string of the molecule is CC/C=C\C/C=C\C/C=C\C/C=C\CCCCCCCCC(=O)NC(COC1OC(CO)C(OC2OC(CO)C(OC3OC(CO)C(O)C(O)C3O)C(O)C2O)C(O)C1O)C(O)/C=C/CC/C=C/CC/C=C/CC. The summed E-state index contributed by atoms with van der Waals surface area (Å²) in [4.78, 5) is 13.2. The molecule has 0 bridgehead atoms. The average Bonchev–Trinajstić information content (AvgIpc) is 3.40. The van der Waals surface area contributed by atoms with E-state index in [0.29, 0.717) is 12.8 Å². The van der Waals surface area contributed by atoms with Crippen LogP contribution in [0.3, 0.4) is 0 Å². The molecule has 74 heavy (non-hydrogen) atoms. The molecule has 0 saturated carbocycles. The summed E-state index contributed by atoms with van der Waals surface area (Å²) in [6, 6.07) is -1.01. The Labute approximate surface area is 438 Å². The third-order valence-electron chi connectivity index (χ3n) is 12.9. The summed E-state index contributed by atoms with van der Waals surface area (Å²) in [5.41, 5.74) is 0. The number of ether oxygens (including phenoxy) is 6. The molecule has 12 N–H and O–H groups in total. The van der Waals surface area contributed by atoms with E-state index >= 15 is 0 Å². The molecule has 17 atom stereocenters. The summed E-state index contributed by atoms with van der Waals surface area (Å²) in [7, 11) is 0. The molecule has 0 aliphatic carbocycles. The number of allylic oxidation sites excluding steroid dienone is 13. The highest BCUT2D eigenvalue weighted by atomic mass is 16.8. The van der Waals surface area contributed by atoms with Gasteiger partial charge in [-0.05, 0) is 77.0 Å². The van der Waals surface area contributed by atoms with Crippen LogP contribution in [-0.2, 0) is 33.2 Å². The smallest absolute Gasteiger partial charge is 0.220 e. The van der Waals surface area contributed by atoms with Gasteiger partial charge in [0.2, 0.25) is 5.91 Å². The summed E-state index contributed by atoms with van der Waals surface area (Å²) in [6.07, 6.45) is 17.4. The van der Waals surface area contributed by atoms with E-state index in [-0.39, 0.29) is 18.9 Å². The fourth-order valence-corrected chi connectivity index (χ4v) is 8.51. The molecule has 0 aromatic carbocycles. The quantitative estimate of drug-likeness (QED) is 0.0317. The van der Waals surface area contributed by atoms with Gasteiger partial charge in [-0.15, -0.1) is 0 Å². The first kappa shape index (κ1) is 65.3. The number of amides is 1. The van der Waals surface area contributed by atoms with E-state index in [0.717, 1.165) is 89.9 Å². The van der Waals surface area contributed by atoms with Crippen LogP contribution in [0.1, 0.15) is 123 Å². The number of hydrogen-bond donors (Lipinski definition) is 12. The van der Waals surface area contributed by atoms with E-state index in [1.807, 2.05) is 0 Å². The Kier molecular flexibility index (Phi) is 34.0. The van der Waals surface area contributed by atoms with Gasteiger partial charge in [0.05, 0.1) is 38.6 Å². The average molecular weight is 1050 g/mol. The highest BCUT2D eigenvalue weighted by Crippen LogP contribution is 2.33. The van der Waals surface area contributed by atoms with Crippen molar-refractivity contribution >= 4 is 5.91 Å². The van der Waals surface area contributed by atoms with E-state index in [1.165, 1.54) is 0 Å². The molecule has 3 heterocycles. The fourth-order valence-electron chi connectivity index (χ4n) is 8.51. The van der Waals surface area contributed by atoms with E-state index < -0.39 is 124 Å². The van der Waals surface area contributed by atoms with Gasteiger partial charge in [-0.1, -0.05) is 125 Å². The molecule has 3 aliphatic rings. The third-order valence-corrected chi connectivity index (χ3v) is 12.9. The zero-order chi connectivity index (χ0) is 54.1. The second-order valence-corrected chi connectivity index (χ2v) is 18.9. The van der Waals surface area contributed by atoms with Crippen molar-refractivity contribution in [2.24, 2.45) is 0 Å². The molecule has 0 aromatic heterocycles. The van der Waals surface area contributed by atoms with Gasteiger partial charge in [-0.3, -0.25) is 4.79 Å². The van der Waals surface area contributed by atoms with Crippen molar-refractivity contribution in [2.45, 2.75) is 227 Å². The van der Waals surface area contributed by atoms with E-state index in [1.54, 1.807) is 12.2 Å². The molecular formula is C55H91NO18. The van der Waals surface area contributed by atoms with Crippen LogP contribution in [0, 0.1) is 0 Å². The Balaban J connectivity index is 1.53. The number of aliphatic hydroxyl groups is 11. The molecule has 19 nitrogen and oxygen atoms in total. The van der Waals surface area contributed by atoms with Crippen LogP contribution in [0.25, 0.3) is 0 Å². The van der Waals surface area contributed by atoms with Crippen molar-refractivity contribution < 1.29 is 89.4 Å². The van der Waals surface area contributed by atoms with Gasteiger partial charge in [0.25, 0.3) is 0 Å². The van der Waals surface area contributed by atoms with Gasteiger partial charge in [-0.2, -0.15) is 0 Å². The molecule has 19 heteroatoms. The zero-order valence-corrected chi connectivity index (χ0v) is 43.5. The third kappa shape index (κ3) is 23.3. The minimum atomic E-state index is -1.99. The van der Waals surface area contributed by atoms with Gasteiger partial charge < -0.3 is 89.9 Å². The summed E-state index contributed by atoms with van der Waals surface area (Å²) in [6.45, 7) is 1.39. The number of carbonyl (C=O) groups excluding carboxylic acids is 1. The van der Waals surface area contributed by atoms with Crippen molar-refractivity contribution in [1.29, 1.82) is 0 Å². The molecular weight excluding hydrogens is 963 g/mol. The maximum absolute atomic E-state index is 13.2. The predicted octanol–water partition coefficient (Wildman–Crippen LogP) is 2.86. The van der Waals surface area contributed by atoms with Crippen molar-refractivity contribution in [3.63, 3.8) is 0 Å². The summed E-state index contributed by atoms with van der Waals surface area (Å²) < 4.78 is 34.1. The summed E-state index contributed by atoms with van der Waals surface area (Å²) >= 11 is 0. The molecule has 17 unspecified atom stereocenters. The number of carbonyl (C=O) groups is 1. The van der Waals surface area contributed by atoms with Gasteiger partial charge in [0.1, 0.15) is 73.2 Å². The molecule has 3 fully saturated rings. The van der Waals surface area contributed by atoms with E-state index in [9.17, 15) is 61.0 Å². The van der Waals surface area contributed by atoms with E-state index in [4.69, 9.17) is 28.4 Å². The Hall–Kier alpha value is -3.03. The van der Waals surface area contributed by atoms with Crippen LogP contribution >= 0.6 is 0 Å². The monoisotopic (exact) mass is 1050 g/mol. The number of unbranched alkanes of at least 4 members (excludes halogenated alkanes) is 8. The first-order valence-electron chi connectivity index (χ1n) is 26.8. The van der Waals surface area contributed by atoms with Crippen LogP contribution < -0.4 is 5.32 Å². The number of hydrogen-bond acceptors (Lipinski definition) is 18. The summed E-state index contributed by atoms with van der Waals surface area (Å²) in [5.74, 6) is -0.312. The van der Waals surface area contributed by atoms with Crippen molar-refractivity contribution in [1.82, 2.24) is 5.32 Å². The van der Waals surface area contributed by atoms with Crippen LogP contribution in [0.2, 0.25) is 0 Å². The van der Waals surface area contributed by atoms with Gasteiger partial charge in [0.15, 0.2) is 18.9 Å². The maximum Gasteiger partial charge on any atom is 0.220 e. The number of nitrogens with one attached hydrogen (secondary N) is 1. The largest absolute Gasteiger partial charge is 0.394 e. The van der Waals surface area contributed by atoms with Crippen LogP contribution in [0.4, 0.5) is 0 Å². The Morgan fingerprint density at radius 2 is 0.905 bits per heavy atom. The second-order valence-electron chi connectivity index (χ2n) is 18.9. The predicted molar refractivity (Wildman–Crippen MR) is 277 cm³/mol. The van der Waals surface area contributed by atoms with Crippen molar-refractivity contribution in [3.05, 3.63) is 85.1 Å². The molecule has 1 amide bonds. The molecule has 424 valence electrons. The molecule has 3 saturated heterocycles. The Morgan fingerprint density at radius 3 is 1.46 bits per heavy atom. The Morgan fingerprint density at radius 1 is 0.486 bits per heavy atom. The molecule has 0 aromatic rings. The topological polar surface area (TPSA) is 307 Å². The van der Waals surface area contributed by atoms with Crippen LogP contribution in [0.5, 0.6) is 0 Å².